The lowest BCUT2D eigenvalue weighted by Gasteiger charge is -2.18. The molecule has 0 bridgehead atoms. The van der Waals surface area contributed by atoms with Crippen LogP contribution in [0.15, 0.2) is 46.0 Å². The molecule has 1 atom stereocenters. The van der Waals surface area contributed by atoms with Gasteiger partial charge in [0.2, 0.25) is 0 Å². The number of amides is 2. The van der Waals surface area contributed by atoms with E-state index in [-0.39, 0.29) is 12.6 Å². The zero-order chi connectivity index (χ0) is 17.6. The van der Waals surface area contributed by atoms with Gasteiger partial charge in [0.25, 0.3) is 0 Å². The second kappa shape index (κ2) is 8.30. The first kappa shape index (κ1) is 18.5. The van der Waals surface area contributed by atoms with E-state index in [0.717, 1.165) is 12.0 Å². The molecule has 2 aromatic rings. The minimum atomic E-state index is -3.56. The number of carbonyl (C=O) groups is 1. The van der Waals surface area contributed by atoms with Crippen LogP contribution >= 0.6 is 11.3 Å². The zero-order valence-electron chi connectivity index (χ0n) is 13.8. The summed E-state index contributed by atoms with van der Waals surface area (Å²) in [6.45, 7) is 4.48. The summed E-state index contributed by atoms with van der Waals surface area (Å²) in [5, 5.41) is 6.29. The fraction of sp³-hybridized carbons (Fsp3) is 0.353. The van der Waals surface area contributed by atoms with Crippen LogP contribution in [0.5, 0.6) is 0 Å². The molecule has 7 heteroatoms. The summed E-state index contributed by atoms with van der Waals surface area (Å²) in [6, 6.07) is 10.3. The monoisotopic (exact) mass is 366 g/mol. The van der Waals surface area contributed by atoms with Crippen LogP contribution in [0.3, 0.4) is 0 Å². The van der Waals surface area contributed by atoms with Gasteiger partial charge in [-0.15, -0.1) is 11.3 Å². The fourth-order valence-electron chi connectivity index (χ4n) is 2.24. The summed E-state index contributed by atoms with van der Waals surface area (Å²) in [6.07, 6.45) is 0.822. The third-order valence-corrected chi connectivity index (χ3v) is 7.11. The number of hydrogen-bond acceptors (Lipinski definition) is 4. The van der Waals surface area contributed by atoms with Crippen molar-refractivity contribution >= 4 is 27.2 Å². The van der Waals surface area contributed by atoms with Crippen LogP contribution in [-0.4, -0.2) is 27.5 Å². The zero-order valence-corrected chi connectivity index (χ0v) is 15.4. The van der Waals surface area contributed by atoms with Crippen molar-refractivity contribution in [1.29, 1.82) is 0 Å². The minimum absolute atomic E-state index is 0.0266. The summed E-state index contributed by atoms with van der Waals surface area (Å²) >= 11 is 1.19. The SMILES string of the molecule is CCCNC(=O)NC[C@H](c1ccc(C)cc1)S(=O)(=O)c1cccs1. The number of thiophene rings is 1. The Morgan fingerprint density at radius 2 is 1.88 bits per heavy atom. The molecule has 2 N–H and O–H groups in total. The first-order chi connectivity index (χ1) is 11.4. The van der Waals surface area contributed by atoms with Crippen molar-refractivity contribution in [2.24, 2.45) is 0 Å². The molecule has 1 aromatic carbocycles. The summed E-state index contributed by atoms with van der Waals surface area (Å²) < 4.78 is 26.2. The van der Waals surface area contributed by atoms with Gasteiger partial charge < -0.3 is 10.6 Å². The molecule has 2 rings (SSSR count). The number of nitrogens with one attached hydrogen (secondary N) is 2. The second-order valence-corrected chi connectivity index (χ2v) is 8.82. The van der Waals surface area contributed by atoms with Gasteiger partial charge in [-0.05, 0) is 30.4 Å². The van der Waals surface area contributed by atoms with E-state index < -0.39 is 15.1 Å². The van der Waals surface area contributed by atoms with E-state index in [0.29, 0.717) is 16.3 Å². The maximum absolute atomic E-state index is 12.9. The van der Waals surface area contributed by atoms with Crippen LogP contribution in [0.25, 0.3) is 0 Å². The Kier molecular flexibility index (Phi) is 6.39. The molecule has 1 heterocycles. The third-order valence-electron chi connectivity index (χ3n) is 3.58. The van der Waals surface area contributed by atoms with E-state index in [2.05, 4.69) is 10.6 Å². The minimum Gasteiger partial charge on any atom is -0.338 e. The molecule has 5 nitrogen and oxygen atoms in total. The van der Waals surface area contributed by atoms with Crippen molar-refractivity contribution < 1.29 is 13.2 Å². The topological polar surface area (TPSA) is 75.3 Å². The molecule has 0 aliphatic rings. The fourth-order valence-corrected chi connectivity index (χ4v) is 5.11. The van der Waals surface area contributed by atoms with Crippen molar-refractivity contribution in [1.82, 2.24) is 10.6 Å². The molecule has 0 spiro atoms. The normalized spacial score (nSPS) is 12.6. The second-order valence-electron chi connectivity index (χ2n) is 5.51. The van der Waals surface area contributed by atoms with Gasteiger partial charge in [0.05, 0.1) is 0 Å². The molecule has 0 saturated carbocycles. The Morgan fingerprint density at radius 3 is 2.46 bits per heavy atom. The van der Waals surface area contributed by atoms with Crippen LogP contribution in [-0.2, 0) is 9.84 Å². The van der Waals surface area contributed by atoms with E-state index in [9.17, 15) is 13.2 Å². The van der Waals surface area contributed by atoms with Crippen LogP contribution < -0.4 is 10.6 Å². The van der Waals surface area contributed by atoms with Crippen molar-refractivity contribution in [3.8, 4) is 0 Å². The quantitative estimate of drug-likeness (QED) is 0.790. The number of aryl methyl sites for hydroxylation is 1. The van der Waals surface area contributed by atoms with E-state index >= 15 is 0 Å². The Hall–Kier alpha value is -1.86. The highest BCUT2D eigenvalue weighted by Crippen LogP contribution is 2.31. The molecular formula is C17H22N2O3S2. The highest BCUT2D eigenvalue weighted by atomic mass is 32.2. The lowest BCUT2D eigenvalue weighted by Crippen LogP contribution is -2.39. The Bertz CT molecular complexity index is 754. The Balaban J connectivity index is 2.25. The molecule has 0 radical (unpaired) electrons. The number of urea groups is 1. The molecule has 0 unspecified atom stereocenters. The molecule has 0 saturated heterocycles. The van der Waals surface area contributed by atoms with E-state index in [4.69, 9.17) is 0 Å². The molecule has 2 amide bonds. The first-order valence-electron chi connectivity index (χ1n) is 7.80. The molecule has 0 aliphatic carbocycles. The Morgan fingerprint density at radius 1 is 1.17 bits per heavy atom. The average Bonchev–Trinajstić information content (AvgIpc) is 3.10. The van der Waals surface area contributed by atoms with Crippen LogP contribution in [0.2, 0.25) is 0 Å². The van der Waals surface area contributed by atoms with Gasteiger partial charge in [-0.3, -0.25) is 0 Å². The highest BCUT2D eigenvalue weighted by Gasteiger charge is 2.30. The predicted octanol–water partition coefficient (Wildman–Crippen LogP) is 3.28. The van der Waals surface area contributed by atoms with E-state index in [1.165, 1.54) is 11.3 Å². The first-order valence-corrected chi connectivity index (χ1v) is 10.2. The van der Waals surface area contributed by atoms with Gasteiger partial charge in [0, 0.05) is 13.1 Å². The number of carbonyl (C=O) groups excluding carboxylic acids is 1. The van der Waals surface area contributed by atoms with E-state index in [1.807, 2.05) is 26.0 Å². The molecule has 1 aromatic heterocycles. The third kappa shape index (κ3) is 4.58. The number of hydrogen-bond donors (Lipinski definition) is 2. The largest absolute Gasteiger partial charge is 0.338 e. The van der Waals surface area contributed by atoms with E-state index in [1.54, 1.807) is 29.6 Å². The van der Waals surface area contributed by atoms with Crippen molar-refractivity contribution in [3.05, 3.63) is 52.9 Å². The molecular weight excluding hydrogens is 344 g/mol. The number of benzene rings is 1. The van der Waals surface area contributed by atoms with Gasteiger partial charge in [-0.1, -0.05) is 42.8 Å². The maximum atomic E-state index is 12.9. The van der Waals surface area contributed by atoms with Crippen LogP contribution in [0, 0.1) is 6.92 Å². The standard InChI is InChI=1S/C17H22N2O3S2/c1-3-10-18-17(20)19-12-15(14-8-6-13(2)7-9-14)24(21,22)16-5-4-11-23-16/h4-9,11,15H,3,10,12H2,1-2H3,(H2,18,19,20)/t15-/m1/s1. The van der Waals surface area contributed by atoms with Gasteiger partial charge in [0.1, 0.15) is 9.46 Å². The average molecular weight is 367 g/mol. The molecule has 0 aliphatic heterocycles. The molecule has 130 valence electrons. The summed E-state index contributed by atoms with van der Waals surface area (Å²) in [4.78, 5) is 11.8. The molecule has 24 heavy (non-hydrogen) atoms. The van der Waals surface area contributed by atoms with Gasteiger partial charge in [0.15, 0.2) is 9.84 Å². The number of sulfone groups is 1. The number of rotatable bonds is 7. The lowest BCUT2D eigenvalue weighted by atomic mass is 10.1. The predicted molar refractivity (Wildman–Crippen MR) is 97.1 cm³/mol. The summed E-state index contributed by atoms with van der Waals surface area (Å²) in [7, 11) is -3.56. The Labute approximate surface area is 147 Å². The summed E-state index contributed by atoms with van der Waals surface area (Å²) in [5.74, 6) is 0. The van der Waals surface area contributed by atoms with Crippen LogP contribution in [0.4, 0.5) is 4.79 Å². The molecule has 0 fully saturated rings. The van der Waals surface area contributed by atoms with Gasteiger partial charge in [-0.25, -0.2) is 13.2 Å². The van der Waals surface area contributed by atoms with Crippen molar-refractivity contribution in [2.75, 3.05) is 13.1 Å². The van der Waals surface area contributed by atoms with Crippen LogP contribution in [0.1, 0.15) is 29.7 Å². The van der Waals surface area contributed by atoms with Crippen molar-refractivity contribution in [2.45, 2.75) is 29.7 Å². The van der Waals surface area contributed by atoms with Crippen molar-refractivity contribution in [3.63, 3.8) is 0 Å². The highest BCUT2D eigenvalue weighted by molar-refractivity contribution is 7.93. The smallest absolute Gasteiger partial charge is 0.314 e. The lowest BCUT2D eigenvalue weighted by molar-refractivity contribution is 0.241. The van der Waals surface area contributed by atoms with Gasteiger partial charge >= 0.3 is 6.03 Å². The maximum Gasteiger partial charge on any atom is 0.314 e. The summed E-state index contributed by atoms with van der Waals surface area (Å²) in [5.41, 5.74) is 1.73. The van der Waals surface area contributed by atoms with Gasteiger partial charge in [-0.2, -0.15) is 0 Å².